The van der Waals surface area contributed by atoms with Crippen molar-refractivity contribution in [1.29, 1.82) is 0 Å². The van der Waals surface area contributed by atoms with Crippen LogP contribution in [0, 0.1) is 0 Å². The van der Waals surface area contributed by atoms with Gasteiger partial charge in [0.25, 0.3) is 0 Å². The molecule has 2 aromatic carbocycles. The third-order valence-corrected chi connectivity index (χ3v) is 3.36. The van der Waals surface area contributed by atoms with E-state index in [4.69, 9.17) is 10.5 Å². The molecule has 20 heavy (non-hydrogen) atoms. The van der Waals surface area contributed by atoms with Crippen molar-refractivity contribution in [3.63, 3.8) is 0 Å². The second kappa shape index (κ2) is 5.00. The smallest absolute Gasteiger partial charge is 0.138 e. The standard InChI is InChI=1S/C16H15NO3/c17-9-10-4-3-6-12-14(19)8-15(20-16(10)12)11-5-1-2-7-13(11)18/h1-8,14,18-19H,9,17H2. The number of hydrogen-bond acceptors (Lipinski definition) is 4. The molecule has 1 heterocycles. The molecule has 0 saturated carbocycles. The van der Waals surface area contributed by atoms with Gasteiger partial charge in [0.05, 0.1) is 5.56 Å². The summed E-state index contributed by atoms with van der Waals surface area (Å²) >= 11 is 0. The van der Waals surface area contributed by atoms with Crippen LogP contribution in [0.2, 0.25) is 0 Å². The Kier molecular flexibility index (Phi) is 3.18. The summed E-state index contributed by atoms with van der Waals surface area (Å²) in [6.45, 7) is 0.323. The average molecular weight is 269 g/mol. The summed E-state index contributed by atoms with van der Waals surface area (Å²) in [6.07, 6.45) is 0.803. The van der Waals surface area contributed by atoms with Crippen LogP contribution < -0.4 is 10.5 Å². The van der Waals surface area contributed by atoms with E-state index in [0.717, 1.165) is 5.56 Å². The molecule has 0 amide bonds. The van der Waals surface area contributed by atoms with Gasteiger partial charge in [0.2, 0.25) is 0 Å². The first-order valence-electron chi connectivity index (χ1n) is 6.38. The zero-order valence-electron chi connectivity index (χ0n) is 10.8. The van der Waals surface area contributed by atoms with Gasteiger partial charge in [0.1, 0.15) is 23.4 Å². The molecule has 1 atom stereocenters. The number of fused-ring (bicyclic) bond motifs is 1. The Balaban J connectivity index is 2.08. The lowest BCUT2D eigenvalue weighted by Gasteiger charge is -2.24. The second-order valence-electron chi connectivity index (χ2n) is 4.63. The maximum Gasteiger partial charge on any atom is 0.138 e. The SMILES string of the molecule is NCc1cccc2c1OC(c1ccccc1O)=CC2O. The van der Waals surface area contributed by atoms with Crippen LogP contribution in [-0.2, 0) is 6.54 Å². The topological polar surface area (TPSA) is 75.7 Å². The Labute approximate surface area is 116 Å². The number of phenolic OH excluding ortho intramolecular Hbond substituents is 1. The highest BCUT2D eigenvalue weighted by Crippen LogP contribution is 2.40. The van der Waals surface area contributed by atoms with Crippen LogP contribution in [0.3, 0.4) is 0 Å². The number of aliphatic hydroxyl groups excluding tert-OH is 1. The van der Waals surface area contributed by atoms with Crippen molar-refractivity contribution in [3.8, 4) is 11.5 Å². The predicted molar refractivity (Wildman–Crippen MR) is 76.0 cm³/mol. The summed E-state index contributed by atoms with van der Waals surface area (Å²) in [5.41, 5.74) is 7.76. The Morgan fingerprint density at radius 2 is 1.90 bits per heavy atom. The summed E-state index contributed by atoms with van der Waals surface area (Å²) in [5.74, 6) is 1.12. The number of phenols is 1. The fourth-order valence-electron chi connectivity index (χ4n) is 2.33. The van der Waals surface area contributed by atoms with Gasteiger partial charge in [0, 0.05) is 17.7 Å². The van der Waals surface area contributed by atoms with Crippen molar-refractivity contribution < 1.29 is 14.9 Å². The molecular formula is C16H15NO3. The Morgan fingerprint density at radius 1 is 1.10 bits per heavy atom. The minimum Gasteiger partial charge on any atom is -0.507 e. The lowest BCUT2D eigenvalue weighted by Crippen LogP contribution is -2.12. The van der Waals surface area contributed by atoms with E-state index in [-0.39, 0.29) is 5.75 Å². The molecule has 0 bridgehead atoms. The number of rotatable bonds is 2. The van der Waals surface area contributed by atoms with E-state index in [0.29, 0.717) is 29.2 Å². The molecular weight excluding hydrogens is 254 g/mol. The van der Waals surface area contributed by atoms with Crippen LogP contribution in [-0.4, -0.2) is 10.2 Å². The molecule has 0 spiro atoms. The Hall–Kier alpha value is -2.30. The van der Waals surface area contributed by atoms with Crippen molar-refractivity contribution in [2.24, 2.45) is 5.73 Å². The van der Waals surface area contributed by atoms with Gasteiger partial charge in [-0.2, -0.15) is 0 Å². The maximum atomic E-state index is 10.2. The molecule has 0 fully saturated rings. The number of ether oxygens (including phenoxy) is 1. The number of aliphatic hydroxyl groups is 1. The van der Waals surface area contributed by atoms with Crippen molar-refractivity contribution in [2.75, 3.05) is 0 Å². The Bertz CT molecular complexity index is 679. The van der Waals surface area contributed by atoms with Gasteiger partial charge in [-0.1, -0.05) is 30.3 Å². The molecule has 0 saturated heterocycles. The minimum atomic E-state index is -0.778. The summed E-state index contributed by atoms with van der Waals surface area (Å²) in [7, 11) is 0. The average Bonchev–Trinajstić information content (AvgIpc) is 2.47. The van der Waals surface area contributed by atoms with Gasteiger partial charge < -0.3 is 20.7 Å². The van der Waals surface area contributed by atoms with Crippen LogP contribution >= 0.6 is 0 Å². The minimum absolute atomic E-state index is 0.111. The van der Waals surface area contributed by atoms with Crippen LogP contribution in [0.25, 0.3) is 5.76 Å². The van der Waals surface area contributed by atoms with Gasteiger partial charge >= 0.3 is 0 Å². The number of nitrogens with two attached hydrogens (primary N) is 1. The van der Waals surface area contributed by atoms with E-state index in [2.05, 4.69) is 0 Å². The molecule has 4 N–H and O–H groups in total. The summed E-state index contributed by atoms with van der Waals surface area (Å²) in [5, 5.41) is 20.1. The summed E-state index contributed by atoms with van der Waals surface area (Å²) in [4.78, 5) is 0. The normalized spacial score (nSPS) is 17.1. The van der Waals surface area contributed by atoms with E-state index in [1.54, 1.807) is 36.4 Å². The zero-order chi connectivity index (χ0) is 14.1. The van der Waals surface area contributed by atoms with Gasteiger partial charge in [-0.3, -0.25) is 0 Å². The van der Waals surface area contributed by atoms with Crippen molar-refractivity contribution >= 4 is 5.76 Å². The monoisotopic (exact) mass is 269 g/mol. The molecule has 0 aliphatic carbocycles. The third-order valence-electron chi connectivity index (χ3n) is 3.36. The van der Waals surface area contributed by atoms with E-state index in [9.17, 15) is 10.2 Å². The summed E-state index contributed by atoms with van der Waals surface area (Å²) < 4.78 is 5.85. The highest BCUT2D eigenvalue weighted by atomic mass is 16.5. The highest BCUT2D eigenvalue weighted by Gasteiger charge is 2.24. The lowest BCUT2D eigenvalue weighted by atomic mass is 9.99. The van der Waals surface area contributed by atoms with E-state index in [1.165, 1.54) is 0 Å². The highest BCUT2D eigenvalue weighted by molar-refractivity contribution is 5.70. The van der Waals surface area contributed by atoms with Crippen LogP contribution in [0.5, 0.6) is 11.5 Å². The van der Waals surface area contributed by atoms with Gasteiger partial charge in [0.15, 0.2) is 0 Å². The van der Waals surface area contributed by atoms with Crippen LogP contribution in [0.15, 0.2) is 48.5 Å². The van der Waals surface area contributed by atoms with E-state index in [1.807, 2.05) is 12.1 Å². The fraction of sp³-hybridized carbons (Fsp3) is 0.125. The van der Waals surface area contributed by atoms with Gasteiger partial charge in [-0.15, -0.1) is 0 Å². The van der Waals surface area contributed by atoms with Crippen molar-refractivity contribution in [3.05, 3.63) is 65.2 Å². The maximum absolute atomic E-state index is 10.2. The fourth-order valence-corrected chi connectivity index (χ4v) is 2.33. The van der Waals surface area contributed by atoms with E-state index >= 15 is 0 Å². The lowest BCUT2D eigenvalue weighted by molar-refractivity contribution is 0.216. The predicted octanol–water partition coefficient (Wildman–Crippen LogP) is 2.32. The third kappa shape index (κ3) is 2.05. The molecule has 2 aromatic rings. The molecule has 1 unspecified atom stereocenters. The molecule has 3 rings (SSSR count). The van der Waals surface area contributed by atoms with Crippen molar-refractivity contribution in [2.45, 2.75) is 12.6 Å². The first-order valence-corrected chi connectivity index (χ1v) is 6.38. The first-order chi connectivity index (χ1) is 9.70. The molecule has 1 aliphatic rings. The molecule has 4 nitrogen and oxygen atoms in total. The number of benzene rings is 2. The first kappa shape index (κ1) is 12.7. The van der Waals surface area contributed by atoms with Crippen LogP contribution in [0.1, 0.15) is 22.8 Å². The molecule has 4 heteroatoms. The number of hydrogen-bond donors (Lipinski definition) is 3. The summed E-state index contributed by atoms with van der Waals surface area (Å²) in [6, 6.07) is 12.4. The molecule has 1 aliphatic heterocycles. The zero-order valence-corrected chi connectivity index (χ0v) is 10.8. The number of para-hydroxylation sites is 2. The van der Waals surface area contributed by atoms with Gasteiger partial charge in [-0.05, 0) is 18.2 Å². The largest absolute Gasteiger partial charge is 0.507 e. The molecule has 0 aromatic heterocycles. The number of aromatic hydroxyl groups is 1. The second-order valence-corrected chi connectivity index (χ2v) is 4.63. The van der Waals surface area contributed by atoms with Crippen molar-refractivity contribution in [1.82, 2.24) is 0 Å². The Morgan fingerprint density at radius 3 is 2.65 bits per heavy atom. The molecule has 102 valence electrons. The molecule has 0 radical (unpaired) electrons. The quantitative estimate of drug-likeness (QED) is 0.782. The van der Waals surface area contributed by atoms with E-state index < -0.39 is 6.10 Å². The van der Waals surface area contributed by atoms with Crippen LogP contribution in [0.4, 0.5) is 0 Å². The van der Waals surface area contributed by atoms with Gasteiger partial charge in [-0.25, -0.2) is 0 Å².